The van der Waals surface area contributed by atoms with Crippen LogP contribution in [0.4, 0.5) is 0 Å². The maximum absolute atomic E-state index is 13.7. The van der Waals surface area contributed by atoms with Gasteiger partial charge in [0, 0.05) is 29.6 Å². The van der Waals surface area contributed by atoms with Gasteiger partial charge in [0.2, 0.25) is 11.8 Å². The van der Waals surface area contributed by atoms with E-state index in [0.29, 0.717) is 23.0 Å². The molecule has 0 aliphatic heterocycles. The highest BCUT2D eigenvalue weighted by atomic mass is 35.5. The SMILES string of the molecule is O=C(NCc1ccc(Cl)cc1)C(Cc1ccccc1)N(Cc1ccc(Cl)cc1)C(=O)Cc1ccccc1. The molecule has 2 amide bonds. The molecule has 1 N–H and O–H groups in total. The largest absolute Gasteiger partial charge is 0.350 e. The molecule has 188 valence electrons. The van der Waals surface area contributed by atoms with Crippen molar-refractivity contribution in [2.45, 2.75) is 32.0 Å². The third kappa shape index (κ3) is 7.94. The van der Waals surface area contributed by atoms with Gasteiger partial charge in [-0.1, -0.05) is 108 Å². The van der Waals surface area contributed by atoms with E-state index in [2.05, 4.69) is 5.32 Å². The van der Waals surface area contributed by atoms with Crippen molar-refractivity contribution in [1.82, 2.24) is 10.2 Å². The molecule has 4 aromatic rings. The first-order valence-corrected chi connectivity index (χ1v) is 12.9. The van der Waals surface area contributed by atoms with Crippen molar-refractivity contribution in [1.29, 1.82) is 0 Å². The van der Waals surface area contributed by atoms with Crippen LogP contribution in [0.15, 0.2) is 109 Å². The topological polar surface area (TPSA) is 49.4 Å². The fourth-order valence-corrected chi connectivity index (χ4v) is 4.37. The Bertz CT molecular complexity index is 1290. The molecule has 37 heavy (non-hydrogen) atoms. The maximum atomic E-state index is 13.7. The Morgan fingerprint density at radius 3 is 1.73 bits per heavy atom. The number of nitrogens with one attached hydrogen (secondary N) is 1. The van der Waals surface area contributed by atoms with Crippen molar-refractivity contribution in [2.75, 3.05) is 0 Å². The third-order valence-corrected chi connectivity index (χ3v) is 6.62. The highest BCUT2D eigenvalue weighted by Gasteiger charge is 2.30. The number of carbonyl (C=O) groups excluding carboxylic acids is 2. The van der Waals surface area contributed by atoms with Gasteiger partial charge in [-0.25, -0.2) is 0 Å². The first kappa shape index (κ1) is 26.5. The van der Waals surface area contributed by atoms with E-state index in [1.165, 1.54) is 0 Å². The maximum Gasteiger partial charge on any atom is 0.243 e. The van der Waals surface area contributed by atoms with Crippen molar-refractivity contribution in [3.8, 4) is 0 Å². The van der Waals surface area contributed by atoms with Crippen molar-refractivity contribution >= 4 is 35.0 Å². The van der Waals surface area contributed by atoms with Crippen LogP contribution in [0.2, 0.25) is 10.0 Å². The number of hydrogen-bond donors (Lipinski definition) is 1. The highest BCUT2D eigenvalue weighted by molar-refractivity contribution is 6.30. The van der Waals surface area contributed by atoms with E-state index in [9.17, 15) is 9.59 Å². The van der Waals surface area contributed by atoms with E-state index < -0.39 is 6.04 Å². The molecule has 0 aliphatic carbocycles. The zero-order chi connectivity index (χ0) is 26.0. The zero-order valence-corrected chi connectivity index (χ0v) is 21.8. The molecular weight excluding hydrogens is 503 g/mol. The van der Waals surface area contributed by atoms with Crippen LogP contribution in [-0.4, -0.2) is 22.8 Å². The van der Waals surface area contributed by atoms with Gasteiger partial charge >= 0.3 is 0 Å². The lowest BCUT2D eigenvalue weighted by Gasteiger charge is -2.32. The predicted molar refractivity (Wildman–Crippen MR) is 149 cm³/mol. The first-order valence-electron chi connectivity index (χ1n) is 12.1. The van der Waals surface area contributed by atoms with Gasteiger partial charge in [-0.05, 0) is 46.5 Å². The Morgan fingerprint density at radius 2 is 1.16 bits per heavy atom. The molecule has 6 heteroatoms. The summed E-state index contributed by atoms with van der Waals surface area (Å²) in [5.74, 6) is -0.335. The summed E-state index contributed by atoms with van der Waals surface area (Å²) >= 11 is 12.1. The molecule has 0 radical (unpaired) electrons. The molecule has 4 rings (SSSR count). The number of benzene rings is 4. The molecular formula is C31H28Cl2N2O2. The highest BCUT2D eigenvalue weighted by Crippen LogP contribution is 2.18. The minimum atomic E-state index is -0.707. The van der Waals surface area contributed by atoms with Crippen molar-refractivity contribution in [3.63, 3.8) is 0 Å². The lowest BCUT2D eigenvalue weighted by Crippen LogP contribution is -2.50. The average Bonchev–Trinajstić information content (AvgIpc) is 2.92. The molecule has 0 bridgehead atoms. The van der Waals surface area contributed by atoms with E-state index in [-0.39, 0.29) is 24.8 Å². The zero-order valence-electron chi connectivity index (χ0n) is 20.3. The summed E-state index contributed by atoms with van der Waals surface area (Å²) in [5.41, 5.74) is 3.70. The summed E-state index contributed by atoms with van der Waals surface area (Å²) in [6.45, 7) is 0.623. The number of halogens is 2. The van der Waals surface area contributed by atoms with Crippen LogP contribution >= 0.6 is 23.2 Å². The van der Waals surface area contributed by atoms with Gasteiger partial charge in [-0.3, -0.25) is 9.59 Å². The summed E-state index contributed by atoms with van der Waals surface area (Å²) in [6, 6.07) is 33.3. The molecule has 0 fully saturated rings. The molecule has 0 aromatic heterocycles. The molecule has 0 saturated carbocycles. The van der Waals surface area contributed by atoms with Gasteiger partial charge in [0.05, 0.1) is 6.42 Å². The molecule has 0 spiro atoms. The standard InChI is InChI=1S/C31H28Cl2N2O2/c32-27-15-11-25(12-16-27)21-34-31(37)29(19-23-7-3-1-4-8-23)35(22-26-13-17-28(33)18-14-26)30(36)20-24-9-5-2-6-10-24/h1-18,29H,19-22H2,(H,34,37). The molecule has 1 unspecified atom stereocenters. The normalized spacial score (nSPS) is 11.5. The van der Waals surface area contributed by atoms with E-state index in [0.717, 1.165) is 22.3 Å². The fourth-order valence-electron chi connectivity index (χ4n) is 4.12. The molecule has 0 heterocycles. The number of hydrogen-bond acceptors (Lipinski definition) is 2. The molecule has 0 saturated heterocycles. The first-order chi connectivity index (χ1) is 18.0. The second-order valence-corrected chi connectivity index (χ2v) is 9.73. The lowest BCUT2D eigenvalue weighted by molar-refractivity contribution is -0.140. The number of carbonyl (C=O) groups is 2. The molecule has 4 aromatic carbocycles. The summed E-state index contributed by atoms with van der Waals surface area (Å²) in [6.07, 6.45) is 0.589. The number of nitrogens with zero attached hydrogens (tertiary/aromatic N) is 1. The lowest BCUT2D eigenvalue weighted by atomic mass is 10.0. The fraction of sp³-hybridized carbons (Fsp3) is 0.161. The van der Waals surface area contributed by atoms with Gasteiger partial charge in [0.1, 0.15) is 6.04 Å². The van der Waals surface area contributed by atoms with E-state index in [1.54, 1.807) is 29.2 Å². The van der Waals surface area contributed by atoms with Crippen molar-refractivity contribution < 1.29 is 9.59 Å². The second-order valence-electron chi connectivity index (χ2n) is 8.86. The van der Waals surface area contributed by atoms with Crippen LogP contribution in [0, 0.1) is 0 Å². The van der Waals surface area contributed by atoms with Crippen LogP contribution in [-0.2, 0) is 35.5 Å². The van der Waals surface area contributed by atoms with Gasteiger partial charge in [-0.15, -0.1) is 0 Å². The Hall–Kier alpha value is -3.60. The van der Waals surface area contributed by atoms with Gasteiger partial charge in [0.25, 0.3) is 0 Å². The molecule has 0 aliphatic rings. The van der Waals surface area contributed by atoms with E-state index in [4.69, 9.17) is 23.2 Å². The van der Waals surface area contributed by atoms with Gasteiger partial charge in [-0.2, -0.15) is 0 Å². The van der Waals surface area contributed by atoms with Gasteiger partial charge < -0.3 is 10.2 Å². The summed E-state index contributed by atoms with van der Waals surface area (Å²) in [5, 5.41) is 4.29. The third-order valence-electron chi connectivity index (χ3n) is 6.12. The van der Waals surface area contributed by atoms with Crippen molar-refractivity contribution in [3.05, 3.63) is 141 Å². The number of rotatable bonds is 10. The summed E-state index contributed by atoms with van der Waals surface area (Å²) in [4.78, 5) is 29.1. The Morgan fingerprint density at radius 1 is 0.649 bits per heavy atom. The summed E-state index contributed by atoms with van der Waals surface area (Å²) < 4.78 is 0. The van der Waals surface area contributed by atoms with Crippen LogP contribution < -0.4 is 5.32 Å². The Kier molecular flexibility index (Phi) is 9.36. The minimum Gasteiger partial charge on any atom is -0.350 e. The van der Waals surface area contributed by atoms with Gasteiger partial charge in [0.15, 0.2) is 0 Å². The van der Waals surface area contributed by atoms with Crippen LogP contribution in [0.1, 0.15) is 22.3 Å². The second kappa shape index (κ2) is 13.1. The molecule has 1 atom stereocenters. The summed E-state index contributed by atoms with van der Waals surface area (Å²) in [7, 11) is 0. The number of amides is 2. The van der Waals surface area contributed by atoms with Crippen LogP contribution in [0.3, 0.4) is 0 Å². The molecule has 4 nitrogen and oxygen atoms in total. The Labute approximate surface area is 227 Å². The van der Waals surface area contributed by atoms with E-state index in [1.807, 2.05) is 84.9 Å². The van der Waals surface area contributed by atoms with Crippen LogP contribution in [0.5, 0.6) is 0 Å². The predicted octanol–water partition coefficient (Wildman–Crippen LogP) is 6.49. The average molecular weight is 531 g/mol. The van der Waals surface area contributed by atoms with Crippen molar-refractivity contribution in [2.24, 2.45) is 0 Å². The minimum absolute atomic E-state index is 0.122. The Balaban J connectivity index is 1.63. The van der Waals surface area contributed by atoms with Crippen LogP contribution in [0.25, 0.3) is 0 Å². The smallest absolute Gasteiger partial charge is 0.243 e. The van der Waals surface area contributed by atoms with E-state index >= 15 is 0 Å². The monoisotopic (exact) mass is 530 g/mol. The quantitative estimate of drug-likeness (QED) is 0.254.